The fraction of sp³-hybridized carbons (Fsp3) is 0.526. The molecule has 0 aliphatic rings. The van der Waals surface area contributed by atoms with Gasteiger partial charge in [0.1, 0.15) is 5.82 Å². The van der Waals surface area contributed by atoms with Crippen molar-refractivity contribution in [2.75, 3.05) is 0 Å². The molecular formula is C19H28ClFN2O2Si. The number of nitrogens with one attached hydrogen (secondary N) is 1. The van der Waals surface area contributed by atoms with Gasteiger partial charge in [0.05, 0.1) is 5.02 Å². The second-order valence-corrected chi connectivity index (χ2v) is 13.9. The molecule has 144 valence electrons. The van der Waals surface area contributed by atoms with Crippen LogP contribution in [-0.2, 0) is 6.54 Å². The highest BCUT2D eigenvalue weighted by molar-refractivity contribution is 6.82. The van der Waals surface area contributed by atoms with Gasteiger partial charge in [-0.05, 0) is 28.8 Å². The van der Waals surface area contributed by atoms with Crippen molar-refractivity contribution in [3.05, 3.63) is 34.7 Å². The summed E-state index contributed by atoms with van der Waals surface area (Å²) in [5.74, 6) is -0.415. The lowest BCUT2D eigenvalue weighted by atomic mass is 10.1. The second-order valence-electron chi connectivity index (χ2n) is 7.82. The highest BCUT2D eigenvalue weighted by Gasteiger charge is 2.46. The quantitative estimate of drug-likeness (QED) is 0.567. The van der Waals surface area contributed by atoms with Gasteiger partial charge in [0.2, 0.25) is 0 Å². The van der Waals surface area contributed by atoms with Crippen LogP contribution in [0.15, 0.2) is 18.3 Å². The first-order valence-electron chi connectivity index (χ1n) is 8.99. The smallest absolute Gasteiger partial charge is 0.404 e. The average molecular weight is 399 g/mol. The van der Waals surface area contributed by atoms with E-state index < -0.39 is 20.1 Å². The molecule has 4 nitrogen and oxygen atoms in total. The number of carbonyl (C=O) groups is 1. The number of carboxylic acid groups (broad SMARTS) is 1. The third-order valence-electron chi connectivity index (χ3n) is 5.55. The molecule has 0 aliphatic carbocycles. The second kappa shape index (κ2) is 7.60. The van der Waals surface area contributed by atoms with E-state index in [1.165, 1.54) is 6.07 Å². The zero-order valence-electron chi connectivity index (χ0n) is 16.2. The molecule has 0 radical (unpaired) electrons. The molecule has 0 aliphatic heterocycles. The average Bonchev–Trinajstić information content (AvgIpc) is 2.81. The van der Waals surface area contributed by atoms with Gasteiger partial charge < -0.3 is 14.7 Å². The fourth-order valence-electron chi connectivity index (χ4n) is 4.71. The zero-order valence-corrected chi connectivity index (χ0v) is 18.0. The minimum atomic E-state index is -2.07. The Morgan fingerprint density at radius 1 is 1.19 bits per heavy atom. The molecule has 2 aromatic rings. The summed E-state index contributed by atoms with van der Waals surface area (Å²) >= 11 is 6.53. The number of aromatic nitrogens is 1. The lowest BCUT2D eigenvalue weighted by Gasteiger charge is -2.44. The van der Waals surface area contributed by atoms with Crippen LogP contribution < -0.4 is 5.32 Å². The first-order chi connectivity index (χ1) is 12.0. The zero-order chi connectivity index (χ0) is 19.8. The molecule has 0 saturated carbocycles. The van der Waals surface area contributed by atoms with E-state index in [2.05, 4.69) is 51.1 Å². The van der Waals surface area contributed by atoms with Crippen LogP contribution in [0.2, 0.25) is 21.6 Å². The van der Waals surface area contributed by atoms with Crippen molar-refractivity contribution >= 4 is 36.8 Å². The van der Waals surface area contributed by atoms with E-state index in [0.29, 0.717) is 27.2 Å². The number of hydrogen-bond acceptors (Lipinski definition) is 1. The number of fused-ring (bicyclic) bond motifs is 1. The Morgan fingerprint density at radius 3 is 2.19 bits per heavy atom. The molecule has 1 aromatic carbocycles. The fourth-order valence-corrected chi connectivity index (χ4v) is 11.7. The van der Waals surface area contributed by atoms with Crippen molar-refractivity contribution < 1.29 is 14.3 Å². The minimum absolute atomic E-state index is 0.0836. The lowest BCUT2D eigenvalue weighted by molar-refractivity contribution is 0.194. The molecule has 1 amide bonds. The normalized spacial score (nSPS) is 12.6. The first-order valence-corrected chi connectivity index (χ1v) is 11.5. The molecule has 0 spiro atoms. The van der Waals surface area contributed by atoms with Crippen LogP contribution in [0, 0.1) is 5.82 Å². The maximum absolute atomic E-state index is 14.7. The SMILES string of the molecule is CC(C)[Si](C(C)C)(C(C)C)n1cc(Cl)c2cc(CNC(=O)O)c(F)cc21. The predicted octanol–water partition coefficient (Wildman–Crippen LogP) is 6.23. The number of amides is 1. The largest absolute Gasteiger partial charge is 0.465 e. The third-order valence-corrected chi connectivity index (χ3v) is 12.6. The predicted molar refractivity (Wildman–Crippen MR) is 108 cm³/mol. The number of halogens is 2. The van der Waals surface area contributed by atoms with E-state index in [4.69, 9.17) is 16.7 Å². The number of nitrogens with zero attached hydrogens (tertiary/aromatic N) is 1. The topological polar surface area (TPSA) is 54.3 Å². The van der Waals surface area contributed by atoms with Crippen LogP contribution in [-0.4, -0.2) is 23.7 Å². The van der Waals surface area contributed by atoms with Crippen molar-refractivity contribution in [1.29, 1.82) is 0 Å². The van der Waals surface area contributed by atoms with E-state index in [1.54, 1.807) is 6.07 Å². The summed E-state index contributed by atoms with van der Waals surface area (Å²) < 4.78 is 16.9. The molecule has 0 bridgehead atoms. The molecule has 26 heavy (non-hydrogen) atoms. The van der Waals surface area contributed by atoms with Crippen LogP contribution >= 0.6 is 11.6 Å². The summed E-state index contributed by atoms with van der Waals surface area (Å²) in [5.41, 5.74) is 2.45. The van der Waals surface area contributed by atoms with Crippen LogP contribution in [0.5, 0.6) is 0 Å². The molecule has 2 rings (SSSR count). The summed E-state index contributed by atoms with van der Waals surface area (Å²) in [5, 5.41) is 12.3. The van der Waals surface area contributed by atoms with Crippen LogP contribution in [0.1, 0.15) is 47.1 Å². The van der Waals surface area contributed by atoms with Crippen molar-refractivity contribution in [2.45, 2.75) is 64.7 Å². The maximum Gasteiger partial charge on any atom is 0.404 e. The summed E-state index contributed by atoms with van der Waals surface area (Å²) in [7, 11) is -2.07. The van der Waals surface area contributed by atoms with Gasteiger partial charge in [0.15, 0.2) is 8.24 Å². The van der Waals surface area contributed by atoms with Gasteiger partial charge >= 0.3 is 6.09 Å². The van der Waals surface area contributed by atoms with Gasteiger partial charge in [-0.2, -0.15) is 0 Å². The van der Waals surface area contributed by atoms with Gasteiger partial charge in [-0.1, -0.05) is 53.1 Å². The van der Waals surface area contributed by atoms with Gasteiger partial charge in [-0.15, -0.1) is 0 Å². The highest BCUT2D eigenvalue weighted by atomic mass is 35.5. The van der Waals surface area contributed by atoms with E-state index in [-0.39, 0.29) is 6.54 Å². The third kappa shape index (κ3) is 3.37. The first kappa shape index (κ1) is 20.8. The van der Waals surface area contributed by atoms with Crippen molar-refractivity contribution in [3.63, 3.8) is 0 Å². The van der Waals surface area contributed by atoms with E-state index in [1.807, 2.05) is 6.20 Å². The lowest BCUT2D eigenvalue weighted by Crippen LogP contribution is -2.51. The number of hydrogen-bond donors (Lipinski definition) is 2. The molecule has 1 heterocycles. The molecule has 1 aromatic heterocycles. The Hall–Kier alpha value is -1.53. The van der Waals surface area contributed by atoms with Gasteiger partial charge in [-0.25, -0.2) is 9.18 Å². The van der Waals surface area contributed by atoms with Gasteiger partial charge in [0.25, 0.3) is 0 Å². The number of rotatable bonds is 6. The number of benzene rings is 1. The van der Waals surface area contributed by atoms with Gasteiger partial charge in [-0.3, -0.25) is 0 Å². The van der Waals surface area contributed by atoms with E-state index in [0.717, 1.165) is 10.9 Å². The summed E-state index contributed by atoms with van der Waals surface area (Å²) in [6.45, 7) is 13.4. The summed E-state index contributed by atoms with van der Waals surface area (Å²) in [6, 6.07) is 3.18. The summed E-state index contributed by atoms with van der Waals surface area (Å²) in [6.07, 6.45) is 0.769. The Bertz CT molecular complexity index is 796. The van der Waals surface area contributed by atoms with Crippen molar-refractivity contribution in [2.24, 2.45) is 0 Å². The molecule has 0 unspecified atom stereocenters. The Kier molecular flexibility index (Phi) is 6.08. The summed E-state index contributed by atoms with van der Waals surface area (Å²) in [4.78, 5) is 10.7. The molecule has 0 saturated heterocycles. The molecule has 2 N–H and O–H groups in total. The Labute approximate surface area is 160 Å². The minimum Gasteiger partial charge on any atom is -0.465 e. The Balaban J connectivity index is 2.73. The molecule has 0 fully saturated rings. The van der Waals surface area contributed by atoms with Crippen molar-refractivity contribution in [1.82, 2.24) is 9.55 Å². The Morgan fingerprint density at radius 2 is 1.73 bits per heavy atom. The molecule has 7 heteroatoms. The van der Waals surface area contributed by atoms with Gasteiger partial charge in [0, 0.05) is 29.2 Å². The van der Waals surface area contributed by atoms with Crippen molar-refractivity contribution in [3.8, 4) is 0 Å². The maximum atomic E-state index is 14.7. The van der Waals surface area contributed by atoms with Crippen LogP contribution in [0.25, 0.3) is 10.9 Å². The van der Waals surface area contributed by atoms with E-state index >= 15 is 0 Å². The van der Waals surface area contributed by atoms with Crippen LogP contribution in [0.3, 0.4) is 0 Å². The van der Waals surface area contributed by atoms with Crippen LogP contribution in [0.4, 0.5) is 9.18 Å². The molecular weight excluding hydrogens is 371 g/mol. The highest BCUT2D eigenvalue weighted by Crippen LogP contribution is 2.45. The van der Waals surface area contributed by atoms with E-state index in [9.17, 15) is 9.18 Å². The monoisotopic (exact) mass is 398 g/mol. The standard InChI is InChI=1S/C19H28ClFN2O2Si/c1-11(2)26(12(3)4,13(5)6)23-10-16(20)15-7-14(9-22-19(24)25)17(21)8-18(15)23/h7-8,10-13,22H,9H2,1-6H3,(H,24,25). The molecule has 0 atom stereocenters.